The molecule has 420 valence electrons. The van der Waals surface area contributed by atoms with Crippen LogP contribution in [0.2, 0.25) is 25.1 Å². The summed E-state index contributed by atoms with van der Waals surface area (Å²) < 4.78 is 0. The molecular weight excluding hydrogens is 1150 g/mol. The number of carbonyl (C=O) groups is 9. The Morgan fingerprint density at radius 3 is 1.52 bits per heavy atom. The van der Waals surface area contributed by atoms with Gasteiger partial charge in [-0.15, -0.1) is 0 Å². The summed E-state index contributed by atoms with van der Waals surface area (Å²) in [7, 11) is 0. The third-order valence-corrected chi connectivity index (χ3v) is 14.7. The molecule has 3 aliphatic heterocycles. The Morgan fingerprint density at radius 1 is 0.494 bits per heavy atom. The van der Waals surface area contributed by atoms with Crippen LogP contribution in [0, 0.1) is 24.7 Å². The number of amides is 8. The number of carboxylic acid groups (broad SMARTS) is 3. The van der Waals surface area contributed by atoms with Crippen LogP contribution in [-0.4, -0.2) is 112 Å². The summed E-state index contributed by atoms with van der Waals surface area (Å²) in [6.45, 7) is 2.09. The molecule has 0 aromatic heterocycles. The van der Waals surface area contributed by atoms with Crippen LogP contribution in [0.25, 0.3) is 0 Å². The quantitative estimate of drug-likeness (QED) is 0.0538. The standard InChI is InChI=1S/C19H17Cl2N3O4.C19H16Cl2N2O4.C18H16ClN3O4/c1-10-4-2-3-5-15(10)24-9-12(18(26)27)16(17(24)25)23-19(28)22-11-6-7-13(20)14(21)8-11;20-14-7-6-12(8-15(14)21)17(24)22-16-13(19(26)27)10-23(18(16)25)9-11-4-2-1-3-5-11;19-11-6-8-12(9-7-11)20-18(26)21-15-14(17(24)25)10-22(16(15)23)13-4-2-1-3-5-13/h2-8,12,16H,9H2,1H3,(H,26,27)(H2,22,23,28);1-8,13,16H,9-10H2,(H,22,24)(H,26,27);1-9,14-15H,10H2,(H,24,25)(H2,20,21,26)/t12-,16-;13-,16-;14-,15+/m111/s1. The second-order valence-corrected chi connectivity index (χ2v) is 20.5. The van der Waals surface area contributed by atoms with E-state index in [1.165, 1.54) is 45.0 Å². The fraction of sp³-hybridized carbons (Fsp3) is 0.196. The van der Waals surface area contributed by atoms with E-state index in [4.69, 9.17) is 58.0 Å². The van der Waals surface area contributed by atoms with Crippen molar-refractivity contribution in [2.75, 3.05) is 40.1 Å². The maximum atomic E-state index is 12.8. The number of likely N-dealkylation sites (tertiary alicyclic amines) is 1. The minimum atomic E-state index is -1.19. The molecule has 3 aliphatic rings. The number of aliphatic carboxylic acids is 3. The van der Waals surface area contributed by atoms with E-state index in [-0.39, 0.29) is 41.8 Å². The molecule has 8 N–H and O–H groups in total. The van der Waals surface area contributed by atoms with E-state index in [0.717, 1.165) is 11.1 Å². The van der Waals surface area contributed by atoms with Crippen molar-refractivity contribution in [2.45, 2.75) is 31.6 Å². The summed E-state index contributed by atoms with van der Waals surface area (Å²) in [4.78, 5) is 114. The Balaban J connectivity index is 0.000000175. The van der Waals surface area contributed by atoms with E-state index in [0.29, 0.717) is 37.8 Å². The zero-order valence-electron chi connectivity index (χ0n) is 42.4. The minimum absolute atomic E-state index is 0.00985. The number of para-hydroxylation sites is 2. The number of rotatable bonds is 13. The van der Waals surface area contributed by atoms with Gasteiger partial charge in [0.1, 0.15) is 35.9 Å². The van der Waals surface area contributed by atoms with E-state index in [1.54, 1.807) is 72.8 Å². The summed E-state index contributed by atoms with van der Waals surface area (Å²) in [5, 5.41) is 42.6. The number of nitrogens with one attached hydrogen (secondary N) is 5. The number of nitrogens with zero attached hydrogens (tertiary/aromatic N) is 3. The number of halogens is 5. The Kier molecular flexibility index (Phi) is 20.2. The average molecular weight is 1200 g/mol. The van der Waals surface area contributed by atoms with Gasteiger partial charge in [-0.3, -0.25) is 33.6 Å². The van der Waals surface area contributed by atoms with E-state index >= 15 is 0 Å². The average Bonchev–Trinajstić information content (AvgIpc) is 4.20. The normalized spacial score (nSPS) is 19.1. The Morgan fingerprint density at radius 2 is 0.963 bits per heavy atom. The van der Waals surface area contributed by atoms with Gasteiger partial charge >= 0.3 is 30.0 Å². The van der Waals surface area contributed by atoms with Crippen molar-refractivity contribution in [1.29, 1.82) is 0 Å². The smallest absolute Gasteiger partial charge is 0.319 e. The molecule has 3 fully saturated rings. The molecule has 81 heavy (non-hydrogen) atoms. The fourth-order valence-electron chi connectivity index (χ4n) is 8.87. The lowest BCUT2D eigenvalue weighted by Gasteiger charge is -2.19. The van der Waals surface area contributed by atoms with Gasteiger partial charge in [0.05, 0.1) is 20.1 Å². The minimum Gasteiger partial charge on any atom is -0.481 e. The van der Waals surface area contributed by atoms with Crippen LogP contribution < -0.4 is 36.4 Å². The third-order valence-electron chi connectivity index (χ3n) is 13.0. The van der Waals surface area contributed by atoms with Gasteiger partial charge in [-0.1, -0.05) is 125 Å². The Bertz CT molecular complexity index is 3360. The van der Waals surface area contributed by atoms with E-state index in [1.807, 2.05) is 49.4 Å². The van der Waals surface area contributed by atoms with Crippen LogP contribution in [0.3, 0.4) is 0 Å². The molecule has 0 radical (unpaired) electrons. The molecule has 0 saturated carbocycles. The first-order valence-electron chi connectivity index (χ1n) is 24.5. The van der Waals surface area contributed by atoms with Gasteiger partial charge in [-0.25, -0.2) is 9.59 Å². The van der Waals surface area contributed by atoms with Crippen LogP contribution in [-0.2, 0) is 35.3 Å². The lowest BCUT2D eigenvalue weighted by Crippen LogP contribution is -2.47. The highest BCUT2D eigenvalue weighted by Gasteiger charge is 2.48. The van der Waals surface area contributed by atoms with Crippen LogP contribution in [0.1, 0.15) is 21.5 Å². The highest BCUT2D eigenvalue weighted by atomic mass is 35.5. The zero-order valence-corrected chi connectivity index (χ0v) is 46.2. The molecular formula is C56H49Cl5N8O12. The number of hydrogen-bond donors (Lipinski definition) is 8. The summed E-state index contributed by atoms with van der Waals surface area (Å²) in [5.41, 5.74) is 3.96. The number of carbonyl (C=O) groups excluding carboxylic acids is 6. The van der Waals surface area contributed by atoms with E-state index in [2.05, 4.69) is 26.6 Å². The number of carboxylic acids is 3. The van der Waals surface area contributed by atoms with Crippen molar-refractivity contribution >= 4 is 134 Å². The van der Waals surface area contributed by atoms with Crippen molar-refractivity contribution < 1.29 is 58.5 Å². The molecule has 3 saturated heterocycles. The van der Waals surface area contributed by atoms with Crippen LogP contribution in [0.5, 0.6) is 0 Å². The van der Waals surface area contributed by atoms with Crippen LogP contribution >= 0.6 is 58.0 Å². The molecule has 6 aromatic carbocycles. The molecule has 3 heterocycles. The molecule has 6 aromatic rings. The van der Waals surface area contributed by atoms with Crippen molar-refractivity contribution in [3.63, 3.8) is 0 Å². The third kappa shape index (κ3) is 15.3. The maximum Gasteiger partial charge on any atom is 0.319 e. The number of anilines is 4. The first kappa shape index (κ1) is 60.2. The van der Waals surface area contributed by atoms with E-state index in [9.17, 15) is 58.5 Å². The second-order valence-electron chi connectivity index (χ2n) is 18.4. The first-order valence-corrected chi connectivity index (χ1v) is 26.3. The second kappa shape index (κ2) is 27.2. The largest absolute Gasteiger partial charge is 0.481 e. The lowest BCUT2D eigenvalue weighted by atomic mass is 10.0. The predicted octanol–water partition coefficient (Wildman–Crippen LogP) is 8.95. The first-order chi connectivity index (χ1) is 38.6. The van der Waals surface area contributed by atoms with Crippen molar-refractivity contribution in [3.05, 3.63) is 187 Å². The number of aryl methyl sites for hydroxylation is 1. The molecule has 25 heteroatoms. The van der Waals surface area contributed by atoms with Gasteiger partial charge in [-0.2, -0.15) is 0 Å². The van der Waals surface area contributed by atoms with Crippen molar-refractivity contribution in [1.82, 2.24) is 20.9 Å². The monoisotopic (exact) mass is 1200 g/mol. The maximum absolute atomic E-state index is 12.8. The van der Waals surface area contributed by atoms with Gasteiger partial charge in [0, 0.05) is 59.5 Å². The molecule has 20 nitrogen and oxygen atoms in total. The Hall–Kier alpha value is -8.40. The highest BCUT2D eigenvalue weighted by molar-refractivity contribution is 6.42. The zero-order chi connectivity index (χ0) is 58.7. The van der Waals surface area contributed by atoms with Gasteiger partial charge in [-0.05, 0) is 96.9 Å². The number of hydrogen-bond acceptors (Lipinski definition) is 9. The SMILES string of the molecule is Cc1ccccc1N1C[C@@H](C(=O)O)[C@@H](NC(=O)Nc2ccc(Cl)c(Cl)c2)C1=O.O=C(N[C@H]1C(=O)N(Cc2ccccc2)C[C@H]1C(=O)O)c1ccc(Cl)c(Cl)c1.O=C(Nc1ccc(Cl)cc1)N[C@@H]1C(=O)N(c2ccccc2)C[C@H]1C(=O)O. The molecule has 0 aliphatic carbocycles. The summed E-state index contributed by atoms with van der Waals surface area (Å²) in [6, 6.07) is 35.5. The summed E-state index contributed by atoms with van der Waals surface area (Å²) in [6.07, 6.45) is 0. The van der Waals surface area contributed by atoms with Gasteiger partial charge < -0.3 is 56.6 Å². The topological polar surface area (TPSA) is 284 Å². The van der Waals surface area contributed by atoms with Crippen LogP contribution in [0.15, 0.2) is 146 Å². The molecule has 0 bridgehead atoms. The molecule has 9 rings (SSSR count). The number of benzene rings is 6. The fourth-order valence-corrected chi connectivity index (χ4v) is 9.59. The van der Waals surface area contributed by atoms with Crippen molar-refractivity contribution in [2.24, 2.45) is 17.8 Å². The van der Waals surface area contributed by atoms with Gasteiger partial charge in [0.2, 0.25) is 5.91 Å². The van der Waals surface area contributed by atoms with Crippen molar-refractivity contribution in [3.8, 4) is 0 Å². The number of urea groups is 2. The Labute approximate surface area is 487 Å². The molecule has 6 atom stereocenters. The van der Waals surface area contributed by atoms with Gasteiger partial charge in [0.15, 0.2) is 0 Å². The highest BCUT2D eigenvalue weighted by Crippen LogP contribution is 2.31. The predicted molar refractivity (Wildman–Crippen MR) is 305 cm³/mol. The summed E-state index contributed by atoms with van der Waals surface area (Å²) >= 11 is 29.3. The molecule has 0 unspecified atom stereocenters. The summed E-state index contributed by atoms with van der Waals surface area (Å²) in [5.74, 6) is -8.56. The van der Waals surface area contributed by atoms with E-state index < -0.39 is 89.5 Å². The lowest BCUT2D eigenvalue weighted by molar-refractivity contribution is -0.143. The molecule has 0 spiro atoms. The molecule has 8 amide bonds. The van der Waals surface area contributed by atoms with Crippen LogP contribution in [0.4, 0.5) is 32.3 Å². The van der Waals surface area contributed by atoms with Gasteiger partial charge in [0.25, 0.3) is 17.7 Å².